The lowest BCUT2D eigenvalue weighted by molar-refractivity contribution is -0.211. The summed E-state index contributed by atoms with van der Waals surface area (Å²) in [4.78, 5) is 20.9. The molecule has 4 bridgehead atoms. The number of benzene rings is 2. The van der Waals surface area contributed by atoms with Crippen LogP contribution >= 0.6 is 0 Å². The van der Waals surface area contributed by atoms with Crippen LogP contribution in [0.3, 0.4) is 0 Å². The van der Waals surface area contributed by atoms with Gasteiger partial charge in [0.25, 0.3) is 0 Å². The molecule has 3 aromatic rings. The number of hydrogen-bond donors (Lipinski definition) is 0. The van der Waals surface area contributed by atoms with Crippen LogP contribution in [0.15, 0.2) is 47.0 Å². The highest BCUT2D eigenvalue weighted by Crippen LogP contribution is 2.70. The van der Waals surface area contributed by atoms with Gasteiger partial charge in [-0.15, -0.1) is 0 Å². The summed E-state index contributed by atoms with van der Waals surface area (Å²) in [6.07, 6.45) is 9.46. The Balaban J connectivity index is 1.08. The molecule has 42 heavy (non-hydrogen) atoms. The zero-order chi connectivity index (χ0) is 28.7. The van der Waals surface area contributed by atoms with E-state index in [1.165, 1.54) is 6.07 Å². The number of carbonyl (C=O) groups is 1. The van der Waals surface area contributed by atoms with Gasteiger partial charge in [0.1, 0.15) is 17.6 Å². The molecule has 216 valence electrons. The molecule has 0 spiro atoms. The van der Waals surface area contributed by atoms with Gasteiger partial charge in [0.15, 0.2) is 5.82 Å². The third kappa shape index (κ3) is 4.11. The van der Waals surface area contributed by atoms with E-state index in [-0.39, 0.29) is 16.9 Å². The maximum atomic E-state index is 14.6. The minimum atomic E-state index is -1.16. The topological polar surface area (TPSA) is 83.0 Å². The number of nitrogens with zero attached hydrogens (tertiary/aromatic N) is 4. The van der Waals surface area contributed by atoms with Crippen LogP contribution < -0.4 is 4.90 Å². The van der Waals surface area contributed by atoms with Crippen LogP contribution in [-0.2, 0) is 10.2 Å². The fourth-order valence-electron chi connectivity index (χ4n) is 8.60. The quantitative estimate of drug-likeness (QED) is 0.297. The highest BCUT2D eigenvalue weighted by atomic mass is 19.1. The molecular weight excluding hydrogens is 534 g/mol. The van der Waals surface area contributed by atoms with E-state index in [2.05, 4.69) is 5.16 Å². The van der Waals surface area contributed by atoms with E-state index in [1.807, 2.05) is 35.2 Å². The second-order valence-electron chi connectivity index (χ2n) is 13.9. The molecule has 0 N–H and O–H groups in total. The van der Waals surface area contributed by atoms with Gasteiger partial charge in [-0.1, -0.05) is 36.2 Å². The summed E-state index contributed by atoms with van der Waals surface area (Å²) in [5, 5.41) is 13.7. The molecule has 6 fully saturated rings. The number of aromatic nitrogens is 2. The van der Waals surface area contributed by atoms with Crippen LogP contribution in [0.1, 0.15) is 93.8 Å². The van der Waals surface area contributed by atoms with E-state index >= 15 is 0 Å². The van der Waals surface area contributed by atoms with Gasteiger partial charge in [-0.05, 0) is 105 Å². The molecule has 3 unspecified atom stereocenters. The normalized spacial score (nSPS) is 32.8. The van der Waals surface area contributed by atoms with Crippen LogP contribution in [0, 0.1) is 34.4 Å². The number of alkyl halides is 1. The molecule has 3 atom stereocenters. The largest absolute Gasteiger partial charge is 0.339 e. The van der Waals surface area contributed by atoms with E-state index in [1.54, 1.807) is 12.1 Å². The first-order valence-electron chi connectivity index (χ1n) is 15.4. The van der Waals surface area contributed by atoms with Crippen LogP contribution in [0.4, 0.5) is 14.5 Å². The monoisotopic (exact) mass is 568 g/mol. The fraction of sp³-hybridized carbons (Fsp3) is 0.529. The molecule has 6 nitrogen and oxygen atoms in total. The van der Waals surface area contributed by atoms with Crippen molar-refractivity contribution in [2.75, 3.05) is 11.4 Å². The van der Waals surface area contributed by atoms with Crippen LogP contribution in [-0.4, -0.2) is 28.3 Å². The van der Waals surface area contributed by atoms with Crippen molar-refractivity contribution in [1.29, 1.82) is 5.26 Å². The number of amides is 1. The van der Waals surface area contributed by atoms with Crippen LogP contribution in [0.25, 0.3) is 11.1 Å². The molecular formula is C34H34F2N4O2. The number of carbonyl (C=O) groups excluding carboxylic acids is 1. The van der Waals surface area contributed by atoms with E-state index in [0.717, 1.165) is 79.9 Å². The second-order valence-corrected chi connectivity index (χ2v) is 13.9. The molecule has 2 aromatic carbocycles. The molecule has 0 saturated heterocycles. The third-order valence-electron chi connectivity index (χ3n) is 11.0. The average molecular weight is 569 g/mol. The third-order valence-corrected chi connectivity index (χ3v) is 11.0. The summed E-state index contributed by atoms with van der Waals surface area (Å²) in [5.74, 6) is 2.38. The van der Waals surface area contributed by atoms with Gasteiger partial charge >= 0.3 is 0 Å². The van der Waals surface area contributed by atoms with Crippen molar-refractivity contribution in [2.24, 2.45) is 17.3 Å². The number of nitriles is 1. The van der Waals surface area contributed by atoms with E-state index in [4.69, 9.17) is 9.51 Å². The lowest BCUT2D eigenvalue weighted by Crippen LogP contribution is -2.70. The standard InChI is InChI=1S/C34H34F2N4O2/c35-28-9-8-23(13-26(28)16-37)22-3-1-5-27(14-22)40(31(41)33-18-34(36,19-33)20-33)17-25-10-12-32(11-2-4-24(25)15-32)30-38-29(39-42-30)21-6-7-21/h1,3,5,8-9,13-14,21,24-25H,2,4,6-7,10-12,15,17-20H2. The molecule has 6 aliphatic carbocycles. The van der Waals surface area contributed by atoms with Crippen LogP contribution in [0.2, 0.25) is 0 Å². The Kier molecular flexibility index (Phi) is 5.71. The lowest BCUT2D eigenvalue weighted by atomic mass is 9.42. The van der Waals surface area contributed by atoms with Gasteiger partial charge < -0.3 is 9.42 Å². The SMILES string of the molecule is N#Cc1cc(-c2cccc(N(CC3CCC4(c5nc(C6CC6)no5)CCCC3C4)C(=O)C34CC(F)(C3)C4)c2)ccc1F. The van der Waals surface area contributed by atoms with Gasteiger partial charge in [0.05, 0.1) is 11.0 Å². The highest BCUT2D eigenvalue weighted by molar-refractivity contribution is 6.00. The number of hydrogen-bond acceptors (Lipinski definition) is 5. The van der Waals surface area contributed by atoms with E-state index in [0.29, 0.717) is 43.6 Å². The second kappa shape index (κ2) is 9.20. The Hall–Kier alpha value is -3.60. The number of anilines is 1. The van der Waals surface area contributed by atoms with E-state index < -0.39 is 16.9 Å². The summed E-state index contributed by atoms with van der Waals surface area (Å²) in [6.45, 7) is 0.591. The number of halogens is 2. The summed E-state index contributed by atoms with van der Waals surface area (Å²) in [7, 11) is 0. The smallest absolute Gasteiger partial charge is 0.233 e. The molecule has 6 aliphatic rings. The Morgan fingerprint density at radius 3 is 2.64 bits per heavy atom. The minimum Gasteiger partial charge on any atom is -0.339 e. The number of rotatable bonds is 7. The van der Waals surface area contributed by atoms with Gasteiger partial charge in [0, 0.05) is 23.6 Å². The predicted molar refractivity (Wildman–Crippen MR) is 152 cm³/mol. The molecule has 0 aliphatic heterocycles. The maximum absolute atomic E-state index is 14.6. The Labute approximate surface area is 244 Å². The Morgan fingerprint density at radius 2 is 1.88 bits per heavy atom. The molecule has 1 amide bonds. The van der Waals surface area contributed by atoms with Crippen molar-refractivity contribution in [3.63, 3.8) is 0 Å². The van der Waals surface area contributed by atoms with Gasteiger partial charge in [-0.2, -0.15) is 10.2 Å². The summed E-state index contributed by atoms with van der Waals surface area (Å²) < 4.78 is 34.5. The average Bonchev–Trinajstić information content (AvgIpc) is 3.70. The first kappa shape index (κ1) is 26.1. The molecule has 6 saturated carbocycles. The highest BCUT2D eigenvalue weighted by Gasteiger charge is 2.73. The number of fused-ring (bicyclic) bond motifs is 2. The van der Waals surface area contributed by atoms with Gasteiger partial charge in [-0.25, -0.2) is 8.78 Å². The van der Waals surface area contributed by atoms with Crippen molar-refractivity contribution < 1.29 is 18.1 Å². The first-order valence-corrected chi connectivity index (χ1v) is 15.4. The zero-order valence-corrected chi connectivity index (χ0v) is 23.6. The first-order chi connectivity index (χ1) is 20.3. The summed E-state index contributed by atoms with van der Waals surface area (Å²) in [5.41, 5.74) is 0.465. The Morgan fingerprint density at radius 1 is 1.07 bits per heavy atom. The minimum absolute atomic E-state index is 0.0126. The van der Waals surface area contributed by atoms with Gasteiger partial charge in [0.2, 0.25) is 11.8 Å². The molecule has 8 heteroatoms. The summed E-state index contributed by atoms with van der Waals surface area (Å²) >= 11 is 0. The fourth-order valence-corrected chi connectivity index (χ4v) is 8.60. The zero-order valence-electron chi connectivity index (χ0n) is 23.6. The lowest BCUT2D eigenvalue weighted by Gasteiger charge is -2.65. The van der Waals surface area contributed by atoms with Crippen molar-refractivity contribution in [2.45, 2.75) is 87.6 Å². The van der Waals surface area contributed by atoms with Crippen molar-refractivity contribution in [3.8, 4) is 17.2 Å². The van der Waals surface area contributed by atoms with E-state index in [9.17, 15) is 18.8 Å². The van der Waals surface area contributed by atoms with Crippen molar-refractivity contribution >= 4 is 11.6 Å². The summed E-state index contributed by atoms with van der Waals surface area (Å²) in [6, 6.07) is 14.1. The molecule has 9 rings (SSSR count). The maximum Gasteiger partial charge on any atom is 0.233 e. The molecule has 1 heterocycles. The molecule has 1 aromatic heterocycles. The predicted octanol–water partition coefficient (Wildman–Crippen LogP) is 7.39. The van der Waals surface area contributed by atoms with Crippen molar-refractivity contribution in [3.05, 3.63) is 65.6 Å². The Bertz CT molecular complexity index is 1600. The van der Waals surface area contributed by atoms with Crippen LogP contribution in [0.5, 0.6) is 0 Å². The van der Waals surface area contributed by atoms with Gasteiger partial charge in [-0.3, -0.25) is 4.79 Å². The van der Waals surface area contributed by atoms with Crippen molar-refractivity contribution in [1.82, 2.24) is 10.1 Å². The molecule has 0 radical (unpaired) electrons.